The van der Waals surface area contributed by atoms with E-state index in [2.05, 4.69) is 12.2 Å². The summed E-state index contributed by atoms with van der Waals surface area (Å²) < 4.78 is 31.2. The third-order valence-corrected chi connectivity index (χ3v) is 5.26. The third-order valence-electron chi connectivity index (χ3n) is 3.26. The van der Waals surface area contributed by atoms with Gasteiger partial charge in [-0.1, -0.05) is 6.92 Å². The van der Waals surface area contributed by atoms with Crippen LogP contribution in [-0.4, -0.2) is 57.9 Å². The molecule has 1 aliphatic carbocycles. The van der Waals surface area contributed by atoms with Crippen LogP contribution in [0.5, 0.6) is 0 Å². The molecule has 0 amide bonds. The van der Waals surface area contributed by atoms with E-state index < -0.39 is 10.0 Å². The quantitative estimate of drug-likeness (QED) is 0.549. The van der Waals surface area contributed by atoms with E-state index >= 15 is 0 Å². The molecule has 0 bridgehead atoms. The van der Waals surface area contributed by atoms with E-state index in [0.29, 0.717) is 13.2 Å². The lowest BCUT2D eigenvalue weighted by Gasteiger charge is -2.21. The molecule has 0 atom stereocenters. The molecule has 114 valence electrons. The molecule has 0 aromatic carbocycles. The number of unbranched alkanes of at least 4 members (excludes halogenated alkanes) is 1. The number of methoxy groups -OCH3 is 1. The lowest BCUT2D eigenvalue weighted by Crippen LogP contribution is -2.37. The SMILES string of the molecule is CCCNCCCCS(=O)(=O)N(CCOC)C1CC1. The molecule has 1 saturated carbocycles. The van der Waals surface area contributed by atoms with Gasteiger partial charge in [0.15, 0.2) is 0 Å². The van der Waals surface area contributed by atoms with Gasteiger partial charge in [0.1, 0.15) is 0 Å². The zero-order valence-electron chi connectivity index (χ0n) is 12.2. The number of nitrogens with zero attached hydrogens (tertiary/aromatic N) is 1. The fourth-order valence-electron chi connectivity index (χ4n) is 2.05. The minimum Gasteiger partial charge on any atom is -0.383 e. The van der Waals surface area contributed by atoms with Gasteiger partial charge >= 0.3 is 0 Å². The lowest BCUT2D eigenvalue weighted by atomic mass is 10.3. The molecule has 1 aliphatic rings. The summed E-state index contributed by atoms with van der Waals surface area (Å²) in [6.45, 7) is 5.02. The van der Waals surface area contributed by atoms with Crippen molar-refractivity contribution in [2.75, 3.05) is 39.1 Å². The molecule has 1 rings (SSSR count). The standard InChI is InChI=1S/C13H28N2O3S/c1-3-8-14-9-4-5-12-19(16,17)15(10-11-18-2)13-6-7-13/h13-14H,3-12H2,1-2H3. The van der Waals surface area contributed by atoms with Crippen LogP contribution in [-0.2, 0) is 14.8 Å². The lowest BCUT2D eigenvalue weighted by molar-refractivity contribution is 0.177. The van der Waals surface area contributed by atoms with E-state index in [0.717, 1.165) is 45.2 Å². The van der Waals surface area contributed by atoms with Crippen LogP contribution in [0.2, 0.25) is 0 Å². The van der Waals surface area contributed by atoms with Gasteiger partial charge in [0.05, 0.1) is 12.4 Å². The van der Waals surface area contributed by atoms with E-state index in [4.69, 9.17) is 4.74 Å². The number of nitrogens with one attached hydrogen (secondary N) is 1. The van der Waals surface area contributed by atoms with Crippen molar-refractivity contribution in [1.29, 1.82) is 0 Å². The normalized spacial score (nSPS) is 16.2. The van der Waals surface area contributed by atoms with E-state index in [1.807, 2.05) is 0 Å². The van der Waals surface area contributed by atoms with E-state index in [1.165, 1.54) is 0 Å². The Labute approximate surface area is 117 Å². The van der Waals surface area contributed by atoms with Crippen molar-refractivity contribution >= 4 is 10.0 Å². The molecule has 1 fully saturated rings. The summed E-state index contributed by atoms with van der Waals surface area (Å²) in [7, 11) is -1.49. The van der Waals surface area contributed by atoms with E-state index in [-0.39, 0.29) is 11.8 Å². The molecule has 0 saturated heterocycles. The summed E-state index contributed by atoms with van der Waals surface area (Å²) in [4.78, 5) is 0. The molecular formula is C13H28N2O3S. The molecule has 1 N–H and O–H groups in total. The van der Waals surface area contributed by atoms with Gasteiger partial charge in [0, 0.05) is 19.7 Å². The van der Waals surface area contributed by atoms with Crippen LogP contribution in [0.3, 0.4) is 0 Å². The van der Waals surface area contributed by atoms with Crippen LogP contribution in [0.4, 0.5) is 0 Å². The highest BCUT2D eigenvalue weighted by atomic mass is 32.2. The van der Waals surface area contributed by atoms with Crippen molar-refractivity contribution in [2.45, 2.75) is 45.1 Å². The van der Waals surface area contributed by atoms with Gasteiger partial charge in [-0.2, -0.15) is 4.31 Å². The first-order valence-electron chi connectivity index (χ1n) is 7.31. The second-order valence-electron chi connectivity index (χ2n) is 5.11. The third kappa shape index (κ3) is 6.70. The molecule has 19 heavy (non-hydrogen) atoms. The maximum Gasteiger partial charge on any atom is 0.214 e. The van der Waals surface area contributed by atoms with Crippen LogP contribution in [0.15, 0.2) is 0 Å². The van der Waals surface area contributed by atoms with Crippen molar-refractivity contribution in [1.82, 2.24) is 9.62 Å². The number of rotatable bonds is 12. The van der Waals surface area contributed by atoms with Crippen LogP contribution < -0.4 is 5.32 Å². The molecule has 0 aliphatic heterocycles. The summed E-state index contributed by atoms with van der Waals surface area (Å²) in [6.07, 6.45) is 4.77. The van der Waals surface area contributed by atoms with Gasteiger partial charge < -0.3 is 10.1 Å². The first-order valence-corrected chi connectivity index (χ1v) is 8.92. The van der Waals surface area contributed by atoms with Gasteiger partial charge in [-0.25, -0.2) is 8.42 Å². The smallest absolute Gasteiger partial charge is 0.214 e. The van der Waals surface area contributed by atoms with Crippen molar-refractivity contribution in [3.8, 4) is 0 Å². The number of sulfonamides is 1. The summed E-state index contributed by atoms with van der Waals surface area (Å²) in [5, 5.41) is 3.29. The Morgan fingerprint density at radius 3 is 2.58 bits per heavy atom. The largest absolute Gasteiger partial charge is 0.383 e. The van der Waals surface area contributed by atoms with E-state index in [1.54, 1.807) is 11.4 Å². The second kappa shape index (κ2) is 8.89. The van der Waals surface area contributed by atoms with Crippen LogP contribution in [0.1, 0.15) is 39.0 Å². The zero-order valence-corrected chi connectivity index (χ0v) is 13.0. The van der Waals surface area contributed by atoms with Crippen LogP contribution in [0.25, 0.3) is 0 Å². The fraction of sp³-hybridized carbons (Fsp3) is 1.00. The number of hydrogen-bond acceptors (Lipinski definition) is 4. The summed E-state index contributed by atoms with van der Waals surface area (Å²) in [5.74, 6) is 0.265. The molecule has 0 radical (unpaired) electrons. The zero-order chi connectivity index (χ0) is 14.1. The maximum absolute atomic E-state index is 12.3. The minimum atomic E-state index is -3.10. The Balaban J connectivity index is 2.27. The Bertz CT molecular complexity index is 329. The summed E-state index contributed by atoms with van der Waals surface area (Å²) in [5.41, 5.74) is 0. The monoisotopic (exact) mass is 292 g/mol. The minimum absolute atomic E-state index is 0.235. The van der Waals surface area contributed by atoms with Crippen molar-refractivity contribution < 1.29 is 13.2 Å². The number of ether oxygens (including phenoxy) is 1. The van der Waals surface area contributed by atoms with Gasteiger partial charge in [0.25, 0.3) is 0 Å². The molecule has 0 aromatic rings. The summed E-state index contributed by atoms with van der Waals surface area (Å²) in [6, 6.07) is 0.235. The molecule has 5 nitrogen and oxygen atoms in total. The van der Waals surface area contributed by atoms with Gasteiger partial charge in [0.2, 0.25) is 10.0 Å². The number of hydrogen-bond donors (Lipinski definition) is 1. The summed E-state index contributed by atoms with van der Waals surface area (Å²) >= 11 is 0. The molecule has 0 heterocycles. The van der Waals surface area contributed by atoms with Crippen LogP contribution in [0, 0.1) is 0 Å². The average molecular weight is 292 g/mol. The highest BCUT2D eigenvalue weighted by Crippen LogP contribution is 2.29. The van der Waals surface area contributed by atoms with Gasteiger partial charge in [-0.05, 0) is 45.2 Å². The first kappa shape index (κ1) is 16.9. The van der Waals surface area contributed by atoms with Crippen molar-refractivity contribution in [3.05, 3.63) is 0 Å². The molecule has 0 spiro atoms. The van der Waals surface area contributed by atoms with Gasteiger partial charge in [-0.3, -0.25) is 0 Å². The Hall–Kier alpha value is -0.170. The topological polar surface area (TPSA) is 58.6 Å². The van der Waals surface area contributed by atoms with Crippen molar-refractivity contribution in [3.63, 3.8) is 0 Å². The van der Waals surface area contributed by atoms with E-state index in [9.17, 15) is 8.42 Å². The molecular weight excluding hydrogens is 264 g/mol. The predicted molar refractivity (Wildman–Crippen MR) is 77.8 cm³/mol. The van der Waals surface area contributed by atoms with Gasteiger partial charge in [-0.15, -0.1) is 0 Å². The average Bonchev–Trinajstić information content (AvgIpc) is 3.18. The maximum atomic E-state index is 12.3. The Morgan fingerprint density at radius 2 is 2.00 bits per heavy atom. The van der Waals surface area contributed by atoms with Crippen molar-refractivity contribution in [2.24, 2.45) is 0 Å². The highest BCUT2D eigenvalue weighted by Gasteiger charge is 2.36. The predicted octanol–water partition coefficient (Wildman–Crippen LogP) is 1.21. The molecule has 0 aromatic heterocycles. The Morgan fingerprint density at radius 1 is 1.26 bits per heavy atom. The Kier molecular flexibility index (Phi) is 7.90. The van der Waals surface area contributed by atoms with Crippen LogP contribution >= 0.6 is 0 Å². The fourth-order valence-corrected chi connectivity index (χ4v) is 3.87. The molecule has 6 heteroatoms. The first-order chi connectivity index (χ1) is 9.11. The highest BCUT2D eigenvalue weighted by molar-refractivity contribution is 7.89. The second-order valence-corrected chi connectivity index (χ2v) is 7.15. The molecule has 0 unspecified atom stereocenters.